The zero-order valence-corrected chi connectivity index (χ0v) is 19.4. The van der Waals surface area contributed by atoms with E-state index in [9.17, 15) is 0 Å². The second kappa shape index (κ2) is 8.18. The van der Waals surface area contributed by atoms with Crippen molar-refractivity contribution in [1.82, 2.24) is 40.4 Å². The van der Waals surface area contributed by atoms with E-state index in [1.807, 2.05) is 24.7 Å². The smallest absolute Gasteiger partial charge is 0.164 e. The van der Waals surface area contributed by atoms with E-state index in [0.717, 1.165) is 65.0 Å². The van der Waals surface area contributed by atoms with Gasteiger partial charge in [0.1, 0.15) is 34.4 Å². The molecule has 0 aromatic carbocycles. The fourth-order valence-corrected chi connectivity index (χ4v) is 3.80. The van der Waals surface area contributed by atoms with Crippen molar-refractivity contribution in [1.29, 1.82) is 0 Å². The molecule has 33 heavy (non-hydrogen) atoms. The molecule has 1 saturated heterocycles. The van der Waals surface area contributed by atoms with Crippen molar-refractivity contribution in [3.8, 4) is 0 Å². The van der Waals surface area contributed by atoms with Crippen LogP contribution in [0.5, 0.6) is 0 Å². The van der Waals surface area contributed by atoms with E-state index in [1.54, 1.807) is 0 Å². The first kappa shape index (κ1) is 21.4. The minimum Gasteiger partial charge on any atom is -0.370 e. The van der Waals surface area contributed by atoms with Crippen LogP contribution in [0.25, 0.3) is 11.0 Å². The first-order valence-electron chi connectivity index (χ1n) is 11.0. The van der Waals surface area contributed by atoms with Gasteiger partial charge >= 0.3 is 0 Å². The molecule has 5 heterocycles. The lowest BCUT2D eigenvalue weighted by Gasteiger charge is -2.23. The third-order valence-electron chi connectivity index (χ3n) is 5.84. The summed E-state index contributed by atoms with van der Waals surface area (Å²) in [6, 6.07) is 0. The van der Waals surface area contributed by atoms with Crippen LogP contribution in [-0.2, 0) is 23.3 Å². The summed E-state index contributed by atoms with van der Waals surface area (Å²) in [4.78, 5) is 12.1. The lowest BCUT2D eigenvalue weighted by Crippen LogP contribution is -2.26. The van der Waals surface area contributed by atoms with E-state index in [4.69, 9.17) is 24.0 Å². The van der Waals surface area contributed by atoms with Gasteiger partial charge in [-0.3, -0.25) is 0 Å². The van der Waals surface area contributed by atoms with Gasteiger partial charge < -0.3 is 9.64 Å². The maximum absolute atomic E-state index is 6.08. The van der Waals surface area contributed by atoms with Crippen LogP contribution < -0.4 is 4.90 Å². The molecule has 0 N–H and O–H groups in total. The Morgan fingerprint density at radius 3 is 2.42 bits per heavy atom. The molecular formula is C21H27N9O3. The highest BCUT2D eigenvalue weighted by molar-refractivity contribution is 5.87. The third-order valence-corrected chi connectivity index (χ3v) is 5.84. The lowest BCUT2D eigenvalue weighted by atomic mass is 9.95. The SMILES string of the molecule is Cc1nonc1CO[C@H]1CCN(c2nc(C(C)(C)C)nc3c2cnn3Cc2nonc2C)C1. The molecule has 174 valence electrons. The van der Waals surface area contributed by atoms with E-state index in [1.165, 1.54) is 0 Å². The molecule has 1 aliphatic rings. The summed E-state index contributed by atoms with van der Waals surface area (Å²) in [5, 5.41) is 21.1. The number of anilines is 1. The monoisotopic (exact) mass is 453 g/mol. The van der Waals surface area contributed by atoms with Crippen LogP contribution in [0.1, 0.15) is 55.8 Å². The van der Waals surface area contributed by atoms with Gasteiger partial charge in [-0.25, -0.2) is 23.9 Å². The molecule has 0 saturated carbocycles. The van der Waals surface area contributed by atoms with Gasteiger partial charge in [-0.05, 0) is 20.3 Å². The molecule has 4 aromatic heterocycles. The fourth-order valence-electron chi connectivity index (χ4n) is 3.80. The van der Waals surface area contributed by atoms with E-state index < -0.39 is 0 Å². The van der Waals surface area contributed by atoms with Crippen molar-refractivity contribution < 1.29 is 14.0 Å². The molecule has 12 nitrogen and oxygen atoms in total. The van der Waals surface area contributed by atoms with E-state index in [2.05, 4.69) is 51.4 Å². The molecule has 0 spiro atoms. The van der Waals surface area contributed by atoms with Gasteiger partial charge in [0.2, 0.25) is 0 Å². The molecule has 0 amide bonds. The molecule has 1 fully saturated rings. The first-order chi connectivity index (χ1) is 15.8. The van der Waals surface area contributed by atoms with Gasteiger partial charge in [-0.1, -0.05) is 41.4 Å². The predicted octanol–water partition coefficient (Wildman–Crippen LogP) is 2.35. The van der Waals surface area contributed by atoms with Crippen molar-refractivity contribution >= 4 is 16.9 Å². The highest BCUT2D eigenvalue weighted by Crippen LogP contribution is 2.31. The maximum Gasteiger partial charge on any atom is 0.164 e. The number of hydrogen-bond acceptors (Lipinski definition) is 11. The van der Waals surface area contributed by atoms with Gasteiger partial charge in [0.15, 0.2) is 5.65 Å². The summed E-state index contributed by atoms with van der Waals surface area (Å²) < 4.78 is 17.5. The number of hydrogen-bond donors (Lipinski definition) is 0. The van der Waals surface area contributed by atoms with Crippen molar-refractivity contribution in [3.63, 3.8) is 0 Å². The van der Waals surface area contributed by atoms with Crippen LogP contribution >= 0.6 is 0 Å². The maximum atomic E-state index is 6.08. The molecule has 12 heteroatoms. The van der Waals surface area contributed by atoms with Gasteiger partial charge in [-0.15, -0.1) is 0 Å². The Kier molecular flexibility index (Phi) is 5.31. The second-order valence-electron chi connectivity index (χ2n) is 9.42. The molecule has 4 aromatic rings. The number of fused-ring (bicyclic) bond motifs is 1. The quantitative estimate of drug-likeness (QED) is 0.426. The molecule has 0 bridgehead atoms. The van der Waals surface area contributed by atoms with Gasteiger partial charge in [-0.2, -0.15) is 5.10 Å². The van der Waals surface area contributed by atoms with Crippen LogP contribution in [0.4, 0.5) is 5.82 Å². The van der Waals surface area contributed by atoms with Gasteiger partial charge in [0, 0.05) is 18.5 Å². The first-order valence-corrected chi connectivity index (χ1v) is 11.0. The van der Waals surface area contributed by atoms with Crippen molar-refractivity contribution in [2.24, 2.45) is 0 Å². The van der Waals surface area contributed by atoms with Gasteiger partial charge in [0.05, 0.1) is 30.8 Å². The Bertz CT molecular complexity index is 1270. The third kappa shape index (κ3) is 4.17. The molecule has 1 aliphatic heterocycles. The highest BCUT2D eigenvalue weighted by Gasteiger charge is 2.29. The zero-order chi connectivity index (χ0) is 23.2. The molecule has 1 atom stereocenters. The highest BCUT2D eigenvalue weighted by atomic mass is 16.6. The topological polar surface area (TPSA) is 134 Å². The number of aromatic nitrogens is 8. The predicted molar refractivity (Wildman–Crippen MR) is 117 cm³/mol. The summed E-state index contributed by atoms with van der Waals surface area (Å²) in [6.45, 7) is 12.4. The standard InChI is InChI=1S/C21H27N9O3/c1-12-16(27-32-25-12)10-30-19-15(8-22-30)18(23-20(24-19)21(3,4)5)29-7-6-14(9-29)31-11-17-13(2)26-33-28-17/h8,14H,6-7,9-11H2,1-5H3/t14-/m0/s1. The van der Waals surface area contributed by atoms with Crippen LogP contribution in [0.2, 0.25) is 0 Å². The molecule has 5 rings (SSSR count). The normalized spacial score (nSPS) is 16.9. The Balaban J connectivity index is 1.43. The van der Waals surface area contributed by atoms with Crippen LogP contribution in [-0.4, -0.2) is 59.6 Å². The zero-order valence-electron chi connectivity index (χ0n) is 19.4. The van der Waals surface area contributed by atoms with E-state index >= 15 is 0 Å². The Labute approximate surface area is 190 Å². The van der Waals surface area contributed by atoms with Crippen LogP contribution in [0.15, 0.2) is 15.5 Å². The van der Waals surface area contributed by atoms with Crippen LogP contribution in [0.3, 0.4) is 0 Å². The van der Waals surface area contributed by atoms with Crippen molar-refractivity contribution in [2.75, 3.05) is 18.0 Å². The molecule has 0 radical (unpaired) electrons. The second-order valence-corrected chi connectivity index (χ2v) is 9.42. The Hall–Kier alpha value is -3.41. The Morgan fingerprint density at radius 2 is 1.76 bits per heavy atom. The van der Waals surface area contributed by atoms with E-state index in [0.29, 0.717) is 13.2 Å². The minimum atomic E-state index is -0.226. The largest absolute Gasteiger partial charge is 0.370 e. The van der Waals surface area contributed by atoms with Gasteiger partial charge in [0.25, 0.3) is 0 Å². The Morgan fingerprint density at radius 1 is 1.03 bits per heavy atom. The van der Waals surface area contributed by atoms with Crippen molar-refractivity contribution in [2.45, 2.75) is 65.7 Å². The summed E-state index contributed by atoms with van der Waals surface area (Å²) in [5.41, 5.74) is 3.48. The lowest BCUT2D eigenvalue weighted by molar-refractivity contribution is 0.0514. The molecule has 0 aliphatic carbocycles. The minimum absolute atomic E-state index is 0.0584. The molecular weight excluding hydrogens is 426 g/mol. The van der Waals surface area contributed by atoms with E-state index in [-0.39, 0.29) is 11.5 Å². The number of ether oxygens (including phenoxy) is 1. The fraction of sp³-hybridized carbons (Fsp3) is 0.571. The van der Waals surface area contributed by atoms with Crippen molar-refractivity contribution in [3.05, 3.63) is 34.8 Å². The summed E-state index contributed by atoms with van der Waals surface area (Å²) >= 11 is 0. The van der Waals surface area contributed by atoms with Crippen LogP contribution in [0, 0.1) is 13.8 Å². The average molecular weight is 454 g/mol. The molecule has 0 unspecified atom stereocenters. The average Bonchev–Trinajstić information content (AvgIpc) is 3.55. The number of aryl methyl sites for hydroxylation is 2. The summed E-state index contributed by atoms with van der Waals surface area (Å²) in [6.07, 6.45) is 2.76. The number of nitrogens with zero attached hydrogens (tertiary/aromatic N) is 9. The summed E-state index contributed by atoms with van der Waals surface area (Å²) in [5.74, 6) is 1.63. The number of rotatable bonds is 6. The summed E-state index contributed by atoms with van der Waals surface area (Å²) in [7, 11) is 0.